The molecule has 0 aliphatic heterocycles. The van der Waals surface area contributed by atoms with Crippen molar-refractivity contribution in [1.82, 2.24) is 5.32 Å². The zero-order valence-electron chi connectivity index (χ0n) is 13.7. The summed E-state index contributed by atoms with van der Waals surface area (Å²) < 4.78 is 0. The van der Waals surface area contributed by atoms with Gasteiger partial charge in [-0.2, -0.15) is 0 Å². The minimum absolute atomic E-state index is 0.0359. The molecular formula is C16H30N2O3. The number of nitrogens with one attached hydrogen (secondary N) is 1. The number of hydrogen-bond acceptors (Lipinski definition) is 3. The van der Waals surface area contributed by atoms with Crippen LogP contribution >= 0.6 is 0 Å². The van der Waals surface area contributed by atoms with Gasteiger partial charge in [0.15, 0.2) is 0 Å². The minimum atomic E-state index is -0.731. The summed E-state index contributed by atoms with van der Waals surface area (Å²) in [7, 11) is 0. The number of hydrogen-bond donors (Lipinski definition) is 3. The highest BCUT2D eigenvalue weighted by molar-refractivity contribution is 5.76. The van der Waals surface area contributed by atoms with E-state index in [4.69, 9.17) is 5.73 Å². The lowest BCUT2D eigenvalue weighted by Gasteiger charge is -2.46. The Bertz CT molecular complexity index is 378. The summed E-state index contributed by atoms with van der Waals surface area (Å²) >= 11 is 0. The van der Waals surface area contributed by atoms with Gasteiger partial charge in [-0.05, 0) is 36.6 Å². The maximum Gasteiger partial charge on any atom is 0.307 e. The molecule has 1 aliphatic carbocycles. The third kappa shape index (κ3) is 4.19. The number of amides is 1. The number of aliphatic carboxylic acids is 1. The quantitative estimate of drug-likeness (QED) is 0.699. The average molecular weight is 298 g/mol. The molecule has 4 atom stereocenters. The van der Waals surface area contributed by atoms with E-state index in [1.807, 2.05) is 27.7 Å². The molecular weight excluding hydrogens is 268 g/mol. The van der Waals surface area contributed by atoms with E-state index < -0.39 is 5.97 Å². The molecule has 1 amide bonds. The van der Waals surface area contributed by atoms with Gasteiger partial charge in [0, 0.05) is 12.5 Å². The van der Waals surface area contributed by atoms with Gasteiger partial charge in [0.1, 0.15) is 0 Å². The topological polar surface area (TPSA) is 92.4 Å². The average Bonchev–Trinajstić information content (AvgIpc) is 2.40. The first-order valence-electron chi connectivity index (χ1n) is 7.96. The molecule has 122 valence electrons. The summed E-state index contributed by atoms with van der Waals surface area (Å²) in [4.78, 5) is 23.5. The molecule has 1 aliphatic rings. The Morgan fingerprint density at radius 1 is 1.38 bits per heavy atom. The van der Waals surface area contributed by atoms with Crippen LogP contribution in [0.1, 0.15) is 53.4 Å². The van der Waals surface area contributed by atoms with Crippen molar-refractivity contribution in [2.75, 3.05) is 6.54 Å². The van der Waals surface area contributed by atoms with Gasteiger partial charge in [0.2, 0.25) is 5.91 Å². The van der Waals surface area contributed by atoms with E-state index in [0.717, 1.165) is 12.8 Å². The van der Waals surface area contributed by atoms with E-state index in [1.165, 1.54) is 0 Å². The van der Waals surface area contributed by atoms with Crippen LogP contribution in [0.25, 0.3) is 0 Å². The van der Waals surface area contributed by atoms with Crippen LogP contribution in [0.2, 0.25) is 0 Å². The number of carbonyl (C=O) groups excluding carboxylic acids is 1. The standard InChI is InChI=1S/C16H30N2O3/c1-5-11(9-17)8-14(19)18-13-7-6-12(15(20)21)16(3,4)10(13)2/h10-13H,5-9,17H2,1-4H3,(H,18,19)(H,20,21). The minimum Gasteiger partial charge on any atom is -0.481 e. The van der Waals surface area contributed by atoms with Crippen molar-refractivity contribution >= 4 is 11.9 Å². The lowest BCUT2D eigenvalue weighted by molar-refractivity contribution is -0.150. The molecule has 0 spiro atoms. The van der Waals surface area contributed by atoms with Crippen molar-refractivity contribution in [3.8, 4) is 0 Å². The van der Waals surface area contributed by atoms with Crippen molar-refractivity contribution in [2.24, 2.45) is 28.9 Å². The molecule has 0 heterocycles. The molecule has 0 aromatic rings. The molecule has 0 aromatic heterocycles. The van der Waals surface area contributed by atoms with Crippen LogP contribution in [0.4, 0.5) is 0 Å². The molecule has 0 aromatic carbocycles. The van der Waals surface area contributed by atoms with Gasteiger partial charge in [-0.3, -0.25) is 9.59 Å². The molecule has 4 N–H and O–H groups in total. The van der Waals surface area contributed by atoms with E-state index >= 15 is 0 Å². The van der Waals surface area contributed by atoms with Gasteiger partial charge in [-0.1, -0.05) is 34.1 Å². The molecule has 21 heavy (non-hydrogen) atoms. The third-order valence-electron chi connectivity index (χ3n) is 5.47. The number of carbonyl (C=O) groups is 2. The second kappa shape index (κ2) is 7.25. The Morgan fingerprint density at radius 3 is 2.48 bits per heavy atom. The first-order valence-corrected chi connectivity index (χ1v) is 7.96. The Labute approximate surface area is 127 Å². The van der Waals surface area contributed by atoms with Crippen LogP contribution in [-0.4, -0.2) is 29.6 Å². The summed E-state index contributed by atoms with van der Waals surface area (Å²) in [5, 5.41) is 12.4. The summed E-state index contributed by atoms with van der Waals surface area (Å²) in [6.45, 7) is 8.58. The number of nitrogens with two attached hydrogens (primary N) is 1. The van der Waals surface area contributed by atoms with Gasteiger partial charge >= 0.3 is 5.97 Å². The highest BCUT2D eigenvalue weighted by atomic mass is 16.4. The number of rotatable bonds is 6. The molecule has 4 unspecified atom stereocenters. The molecule has 0 radical (unpaired) electrons. The Balaban J connectivity index is 2.66. The van der Waals surface area contributed by atoms with Crippen molar-refractivity contribution in [1.29, 1.82) is 0 Å². The summed E-state index contributed by atoms with van der Waals surface area (Å²) in [6.07, 6.45) is 2.70. The van der Waals surface area contributed by atoms with Crippen molar-refractivity contribution in [2.45, 2.75) is 59.4 Å². The van der Waals surface area contributed by atoms with Gasteiger partial charge in [0.25, 0.3) is 0 Å². The van der Waals surface area contributed by atoms with Crippen LogP contribution in [0.15, 0.2) is 0 Å². The lowest BCUT2D eigenvalue weighted by atomic mass is 9.61. The normalized spacial score (nSPS) is 29.7. The molecule has 5 heteroatoms. The van der Waals surface area contributed by atoms with E-state index in [9.17, 15) is 14.7 Å². The fraction of sp³-hybridized carbons (Fsp3) is 0.875. The SMILES string of the molecule is CCC(CN)CC(=O)NC1CCC(C(=O)O)C(C)(C)C1C. The maximum atomic E-state index is 12.1. The second-order valence-corrected chi connectivity index (χ2v) is 6.97. The summed E-state index contributed by atoms with van der Waals surface area (Å²) in [6, 6.07) is 0.0541. The van der Waals surface area contributed by atoms with Gasteiger partial charge in [-0.15, -0.1) is 0 Å². The highest BCUT2D eigenvalue weighted by Gasteiger charge is 2.46. The fourth-order valence-corrected chi connectivity index (χ4v) is 3.37. The Hall–Kier alpha value is -1.10. The predicted molar refractivity (Wildman–Crippen MR) is 82.7 cm³/mol. The van der Waals surface area contributed by atoms with Crippen LogP contribution in [0.5, 0.6) is 0 Å². The van der Waals surface area contributed by atoms with Crippen LogP contribution < -0.4 is 11.1 Å². The van der Waals surface area contributed by atoms with E-state index in [1.54, 1.807) is 0 Å². The number of carboxylic acid groups (broad SMARTS) is 1. The maximum absolute atomic E-state index is 12.1. The second-order valence-electron chi connectivity index (χ2n) is 6.97. The molecule has 0 bridgehead atoms. The zero-order chi connectivity index (χ0) is 16.2. The van der Waals surface area contributed by atoms with Crippen LogP contribution in [0, 0.1) is 23.2 Å². The first-order chi connectivity index (χ1) is 9.73. The highest BCUT2D eigenvalue weighted by Crippen LogP contribution is 2.45. The lowest BCUT2D eigenvalue weighted by Crippen LogP contribution is -2.52. The fourth-order valence-electron chi connectivity index (χ4n) is 3.37. The molecule has 1 saturated carbocycles. The van der Waals surface area contributed by atoms with Crippen molar-refractivity contribution < 1.29 is 14.7 Å². The smallest absolute Gasteiger partial charge is 0.307 e. The summed E-state index contributed by atoms with van der Waals surface area (Å²) in [5.74, 6) is -0.675. The first kappa shape index (κ1) is 18.0. The molecule has 5 nitrogen and oxygen atoms in total. The van der Waals surface area contributed by atoms with Gasteiger partial charge < -0.3 is 16.2 Å². The predicted octanol–water partition coefficient (Wildman–Crippen LogP) is 2.00. The van der Waals surface area contributed by atoms with Crippen LogP contribution in [-0.2, 0) is 9.59 Å². The van der Waals surface area contributed by atoms with Crippen molar-refractivity contribution in [3.05, 3.63) is 0 Å². The van der Waals surface area contributed by atoms with Gasteiger partial charge in [-0.25, -0.2) is 0 Å². The monoisotopic (exact) mass is 298 g/mol. The Morgan fingerprint density at radius 2 is 2.00 bits per heavy atom. The van der Waals surface area contributed by atoms with Crippen LogP contribution in [0.3, 0.4) is 0 Å². The van der Waals surface area contributed by atoms with E-state index in [-0.39, 0.29) is 35.1 Å². The summed E-state index contributed by atoms with van der Waals surface area (Å²) in [5.41, 5.74) is 5.32. The molecule has 0 saturated heterocycles. The number of carboxylic acids is 1. The van der Waals surface area contributed by atoms with E-state index in [2.05, 4.69) is 5.32 Å². The molecule has 1 fully saturated rings. The van der Waals surface area contributed by atoms with Gasteiger partial charge in [0.05, 0.1) is 5.92 Å². The molecule has 1 rings (SSSR count). The zero-order valence-corrected chi connectivity index (χ0v) is 13.7. The van der Waals surface area contributed by atoms with E-state index in [0.29, 0.717) is 19.4 Å². The third-order valence-corrected chi connectivity index (χ3v) is 5.47. The Kier molecular flexibility index (Phi) is 6.20. The largest absolute Gasteiger partial charge is 0.481 e. The van der Waals surface area contributed by atoms with Crippen molar-refractivity contribution in [3.63, 3.8) is 0 Å².